The predicted molar refractivity (Wildman–Crippen MR) is 97.4 cm³/mol. The molecule has 1 aliphatic rings. The van der Waals surface area contributed by atoms with Gasteiger partial charge in [-0.2, -0.15) is 5.10 Å². The van der Waals surface area contributed by atoms with Crippen LogP contribution in [0.25, 0.3) is 0 Å². The van der Waals surface area contributed by atoms with E-state index in [0.29, 0.717) is 37.7 Å². The van der Waals surface area contributed by atoms with Gasteiger partial charge in [0, 0.05) is 49.7 Å². The molecule has 0 bridgehead atoms. The van der Waals surface area contributed by atoms with Gasteiger partial charge >= 0.3 is 0 Å². The van der Waals surface area contributed by atoms with E-state index in [4.69, 9.17) is 0 Å². The fourth-order valence-electron chi connectivity index (χ4n) is 3.25. The molecule has 0 saturated carbocycles. The molecule has 2 aromatic heterocycles. The van der Waals surface area contributed by atoms with Gasteiger partial charge in [-0.3, -0.25) is 9.48 Å². The second-order valence-corrected chi connectivity index (χ2v) is 6.52. The Bertz CT molecular complexity index is 929. The first-order valence-corrected chi connectivity index (χ1v) is 8.75. The molecule has 1 N–H and O–H groups in total. The molecule has 1 aromatic carbocycles. The second kappa shape index (κ2) is 7.53. The lowest BCUT2D eigenvalue weighted by molar-refractivity contribution is 0.0723. The average Bonchev–Trinajstić information content (AvgIpc) is 3.04. The quantitative estimate of drug-likeness (QED) is 0.766. The van der Waals surface area contributed by atoms with E-state index in [-0.39, 0.29) is 11.8 Å². The normalized spacial score (nSPS) is 16.5. The third-order valence-electron chi connectivity index (χ3n) is 4.54. The van der Waals surface area contributed by atoms with Crippen molar-refractivity contribution in [1.82, 2.24) is 24.6 Å². The average molecular weight is 366 g/mol. The molecule has 1 amide bonds. The van der Waals surface area contributed by atoms with Crippen LogP contribution in [-0.2, 0) is 13.1 Å². The van der Waals surface area contributed by atoms with Crippen molar-refractivity contribution in [1.29, 1.82) is 0 Å². The second-order valence-electron chi connectivity index (χ2n) is 6.52. The largest absolute Gasteiger partial charge is 0.354 e. The van der Waals surface area contributed by atoms with Gasteiger partial charge in [-0.05, 0) is 30.3 Å². The van der Waals surface area contributed by atoms with E-state index >= 15 is 0 Å². The Kier molecular flexibility index (Phi) is 4.78. The van der Waals surface area contributed by atoms with Crippen molar-refractivity contribution >= 4 is 11.9 Å². The number of rotatable bonds is 4. The summed E-state index contributed by atoms with van der Waals surface area (Å²) >= 11 is 0. The van der Waals surface area contributed by atoms with E-state index < -0.39 is 5.82 Å². The molecule has 7 nitrogen and oxygen atoms in total. The molecule has 8 heteroatoms. The van der Waals surface area contributed by atoms with Crippen LogP contribution in [0.15, 0.2) is 55.0 Å². The van der Waals surface area contributed by atoms with E-state index in [2.05, 4.69) is 20.4 Å². The molecular formula is C19H19FN6O. The molecule has 138 valence electrons. The monoisotopic (exact) mass is 366 g/mol. The van der Waals surface area contributed by atoms with Gasteiger partial charge in [0.2, 0.25) is 5.95 Å². The van der Waals surface area contributed by atoms with Gasteiger partial charge in [-0.25, -0.2) is 14.4 Å². The molecule has 0 fully saturated rings. The first-order chi connectivity index (χ1) is 13.2. The minimum absolute atomic E-state index is 0.104. The number of anilines is 1. The van der Waals surface area contributed by atoms with Crippen molar-refractivity contribution in [2.75, 3.05) is 18.4 Å². The number of amides is 1. The van der Waals surface area contributed by atoms with E-state index in [1.54, 1.807) is 41.7 Å². The summed E-state index contributed by atoms with van der Waals surface area (Å²) in [7, 11) is 0. The first-order valence-electron chi connectivity index (χ1n) is 8.75. The highest BCUT2D eigenvalue weighted by molar-refractivity contribution is 5.94. The van der Waals surface area contributed by atoms with Crippen molar-refractivity contribution < 1.29 is 9.18 Å². The van der Waals surface area contributed by atoms with Crippen LogP contribution in [0.1, 0.15) is 16.1 Å². The topological polar surface area (TPSA) is 75.9 Å². The predicted octanol–water partition coefficient (Wildman–Crippen LogP) is 2.20. The van der Waals surface area contributed by atoms with Gasteiger partial charge in [-0.1, -0.05) is 6.07 Å². The molecular weight excluding hydrogens is 347 g/mol. The Morgan fingerprint density at radius 1 is 1.15 bits per heavy atom. The lowest BCUT2D eigenvalue weighted by atomic mass is 10.1. The van der Waals surface area contributed by atoms with Crippen LogP contribution in [0.3, 0.4) is 0 Å². The van der Waals surface area contributed by atoms with E-state index in [9.17, 15) is 9.18 Å². The number of aromatic nitrogens is 4. The lowest BCUT2D eigenvalue weighted by Gasteiger charge is -2.24. The number of hydrogen-bond donors (Lipinski definition) is 1. The van der Waals surface area contributed by atoms with E-state index in [0.717, 1.165) is 5.69 Å². The highest BCUT2D eigenvalue weighted by Crippen LogP contribution is 2.19. The zero-order valence-corrected chi connectivity index (χ0v) is 14.6. The summed E-state index contributed by atoms with van der Waals surface area (Å²) in [5.41, 5.74) is 1.30. The van der Waals surface area contributed by atoms with Crippen molar-refractivity contribution in [3.05, 3.63) is 72.1 Å². The molecule has 3 heterocycles. The van der Waals surface area contributed by atoms with Gasteiger partial charge in [0.05, 0.1) is 12.2 Å². The third-order valence-corrected chi connectivity index (χ3v) is 4.54. The maximum atomic E-state index is 13.5. The Labute approximate surface area is 155 Å². The number of carbonyl (C=O) groups is 1. The van der Waals surface area contributed by atoms with Crippen LogP contribution in [-0.4, -0.2) is 43.6 Å². The van der Waals surface area contributed by atoms with Crippen LogP contribution in [0.4, 0.5) is 10.3 Å². The Balaban J connectivity index is 1.54. The molecule has 0 saturated heterocycles. The number of fused-ring (bicyclic) bond motifs is 1. The highest BCUT2D eigenvalue weighted by Gasteiger charge is 2.26. The molecule has 27 heavy (non-hydrogen) atoms. The van der Waals surface area contributed by atoms with Gasteiger partial charge in [-0.15, -0.1) is 0 Å². The molecule has 0 unspecified atom stereocenters. The lowest BCUT2D eigenvalue weighted by Crippen LogP contribution is -2.36. The van der Waals surface area contributed by atoms with Gasteiger partial charge < -0.3 is 10.2 Å². The van der Waals surface area contributed by atoms with Gasteiger partial charge in [0.15, 0.2) is 0 Å². The molecule has 1 aliphatic heterocycles. The number of nitrogens with zero attached hydrogens (tertiary/aromatic N) is 5. The first kappa shape index (κ1) is 17.1. The van der Waals surface area contributed by atoms with E-state index in [1.165, 1.54) is 12.1 Å². The SMILES string of the molecule is O=C(c1cccc(F)c1)N1Cc2ccnn2C[C@@H](CNc2ncccn2)C1. The fraction of sp³-hybridized carbons (Fsp3) is 0.263. The number of halogens is 1. The molecule has 0 spiro atoms. The summed E-state index contributed by atoms with van der Waals surface area (Å²) < 4.78 is 15.5. The highest BCUT2D eigenvalue weighted by atomic mass is 19.1. The van der Waals surface area contributed by atoms with Crippen LogP contribution in [0.5, 0.6) is 0 Å². The smallest absolute Gasteiger partial charge is 0.254 e. The van der Waals surface area contributed by atoms with Gasteiger partial charge in [0.25, 0.3) is 5.91 Å². The number of hydrogen-bond acceptors (Lipinski definition) is 5. The maximum Gasteiger partial charge on any atom is 0.254 e. The van der Waals surface area contributed by atoms with E-state index in [1.807, 2.05) is 10.7 Å². The minimum atomic E-state index is -0.417. The summed E-state index contributed by atoms with van der Waals surface area (Å²) in [6, 6.07) is 9.46. The van der Waals surface area contributed by atoms with Crippen molar-refractivity contribution in [3.63, 3.8) is 0 Å². The molecule has 0 aliphatic carbocycles. The van der Waals surface area contributed by atoms with Crippen LogP contribution in [0, 0.1) is 11.7 Å². The number of nitrogens with one attached hydrogen (secondary N) is 1. The maximum absolute atomic E-state index is 13.5. The summed E-state index contributed by atoms with van der Waals surface area (Å²) in [6.07, 6.45) is 5.08. The Hall–Kier alpha value is -3.29. The number of carbonyl (C=O) groups excluding carboxylic acids is 1. The van der Waals surface area contributed by atoms with Gasteiger partial charge in [0.1, 0.15) is 5.82 Å². The Morgan fingerprint density at radius 2 is 2.00 bits per heavy atom. The van der Waals surface area contributed by atoms with Crippen molar-refractivity contribution in [2.45, 2.75) is 13.1 Å². The zero-order valence-electron chi connectivity index (χ0n) is 14.6. The summed E-state index contributed by atoms with van der Waals surface area (Å²) in [5, 5.41) is 7.57. The van der Waals surface area contributed by atoms with Crippen LogP contribution < -0.4 is 5.32 Å². The summed E-state index contributed by atoms with van der Waals surface area (Å²) in [5.74, 6) is 0.0446. The third kappa shape index (κ3) is 3.94. The zero-order chi connectivity index (χ0) is 18.6. The fourth-order valence-corrected chi connectivity index (χ4v) is 3.25. The molecule has 0 radical (unpaired) electrons. The van der Waals surface area contributed by atoms with Crippen molar-refractivity contribution in [2.24, 2.45) is 5.92 Å². The molecule has 1 atom stereocenters. The molecule has 3 aromatic rings. The minimum Gasteiger partial charge on any atom is -0.354 e. The summed E-state index contributed by atoms with van der Waals surface area (Å²) in [6.45, 7) is 2.23. The summed E-state index contributed by atoms with van der Waals surface area (Å²) in [4.78, 5) is 23.0. The van der Waals surface area contributed by atoms with Crippen LogP contribution in [0.2, 0.25) is 0 Å². The number of benzene rings is 1. The standard InChI is InChI=1S/C19H19FN6O/c20-16-4-1-3-15(9-16)18(27)25-11-14(10-23-19-21-6-2-7-22-19)12-26-17(13-25)5-8-24-26/h1-9,14H,10-13H2,(H,21,22,23)/t14-/m0/s1. The van der Waals surface area contributed by atoms with Crippen LogP contribution >= 0.6 is 0 Å². The molecule has 4 rings (SSSR count). The Morgan fingerprint density at radius 3 is 2.81 bits per heavy atom. The van der Waals surface area contributed by atoms with Crippen molar-refractivity contribution in [3.8, 4) is 0 Å².